The maximum absolute atomic E-state index is 5.34. The van der Waals surface area contributed by atoms with Crippen LogP contribution in [-0.4, -0.2) is 9.97 Å². The molecule has 1 aliphatic rings. The summed E-state index contributed by atoms with van der Waals surface area (Å²) in [5, 5.41) is 6.05. The second kappa shape index (κ2) is 8.22. The molecule has 0 bridgehead atoms. The molecule has 8 aromatic rings. The molecule has 0 amide bonds. The summed E-state index contributed by atoms with van der Waals surface area (Å²) in [6.45, 7) is 0. The van der Waals surface area contributed by atoms with Crippen molar-refractivity contribution in [2.45, 2.75) is 0 Å². The lowest BCUT2D eigenvalue weighted by Gasteiger charge is -2.32. The van der Waals surface area contributed by atoms with E-state index < -0.39 is 0 Å². The summed E-state index contributed by atoms with van der Waals surface area (Å²) in [5.41, 5.74) is 7.61. The van der Waals surface area contributed by atoms with E-state index in [-0.39, 0.29) is 0 Å². The first-order chi connectivity index (χ1) is 19.8. The number of thiophene rings is 1. The highest BCUT2D eigenvalue weighted by Gasteiger charge is 2.28. The number of aromatic nitrogens is 2. The Balaban J connectivity index is 1.34. The molecule has 4 heteroatoms. The van der Waals surface area contributed by atoms with Gasteiger partial charge in [-0.1, -0.05) is 91.0 Å². The summed E-state index contributed by atoms with van der Waals surface area (Å²) in [6, 6.07) is 45.3. The van der Waals surface area contributed by atoms with Crippen LogP contribution in [0.4, 0.5) is 17.3 Å². The number of anilines is 3. The molecule has 0 radical (unpaired) electrons. The highest BCUT2D eigenvalue weighted by Crippen LogP contribution is 2.50. The molecule has 0 aliphatic carbocycles. The molecule has 2 aromatic heterocycles. The molecule has 3 nitrogen and oxygen atoms in total. The molecule has 0 N–H and O–H groups in total. The first kappa shape index (κ1) is 21.8. The third-order valence-electron chi connectivity index (χ3n) is 8.00. The van der Waals surface area contributed by atoms with Crippen LogP contribution in [0.5, 0.6) is 0 Å². The van der Waals surface area contributed by atoms with Crippen LogP contribution in [0.3, 0.4) is 0 Å². The smallest absolute Gasteiger partial charge is 0.235 e. The van der Waals surface area contributed by atoms with E-state index in [1.54, 1.807) is 0 Å². The number of para-hydroxylation sites is 2. The number of hydrogen-bond acceptors (Lipinski definition) is 4. The summed E-state index contributed by atoms with van der Waals surface area (Å²) in [6.07, 6.45) is 0. The molecule has 1 aliphatic heterocycles. The van der Waals surface area contributed by atoms with Gasteiger partial charge in [0.2, 0.25) is 5.95 Å². The molecular formula is C36H21N3S. The van der Waals surface area contributed by atoms with Crippen molar-refractivity contribution in [3.05, 3.63) is 127 Å². The van der Waals surface area contributed by atoms with Crippen molar-refractivity contribution in [2.24, 2.45) is 0 Å². The van der Waals surface area contributed by atoms with E-state index in [0.717, 1.165) is 33.5 Å². The van der Waals surface area contributed by atoms with Crippen LogP contribution in [0.25, 0.3) is 64.2 Å². The van der Waals surface area contributed by atoms with Gasteiger partial charge in [0.1, 0.15) is 0 Å². The Morgan fingerprint density at radius 1 is 0.525 bits per heavy atom. The predicted molar refractivity (Wildman–Crippen MR) is 169 cm³/mol. The molecule has 186 valence electrons. The Labute approximate surface area is 234 Å². The fourth-order valence-electron chi connectivity index (χ4n) is 6.23. The van der Waals surface area contributed by atoms with Crippen LogP contribution in [0.2, 0.25) is 0 Å². The van der Waals surface area contributed by atoms with Gasteiger partial charge in [-0.05, 0) is 47.3 Å². The van der Waals surface area contributed by atoms with Crippen molar-refractivity contribution in [1.82, 2.24) is 9.97 Å². The second-order valence-corrected chi connectivity index (χ2v) is 11.3. The van der Waals surface area contributed by atoms with Crippen LogP contribution in [0.15, 0.2) is 127 Å². The van der Waals surface area contributed by atoms with E-state index in [1.165, 1.54) is 42.1 Å². The highest BCUT2D eigenvalue weighted by atomic mass is 32.1. The standard InChI is InChI=1S/C36H21N3S/c1-4-15-29-27(13-1)35(23-19-20-33-28(21-23)25-12-3-6-18-32(25)40-33)38-36(37-29)39-30-16-5-2-11-24(30)26-14-7-9-22-10-8-17-31(39)34(22)26/h1-21H. The minimum atomic E-state index is 0.679. The van der Waals surface area contributed by atoms with Gasteiger partial charge < -0.3 is 0 Å². The van der Waals surface area contributed by atoms with E-state index in [4.69, 9.17) is 9.97 Å². The zero-order valence-corrected chi connectivity index (χ0v) is 22.2. The van der Waals surface area contributed by atoms with E-state index in [0.29, 0.717) is 5.95 Å². The fourth-order valence-corrected chi connectivity index (χ4v) is 7.32. The van der Waals surface area contributed by atoms with Gasteiger partial charge in [-0.2, -0.15) is 0 Å². The van der Waals surface area contributed by atoms with Crippen LogP contribution in [0.1, 0.15) is 0 Å². The summed E-state index contributed by atoms with van der Waals surface area (Å²) in [4.78, 5) is 12.7. The Morgan fingerprint density at radius 2 is 1.25 bits per heavy atom. The zero-order valence-electron chi connectivity index (χ0n) is 21.4. The fraction of sp³-hybridized carbons (Fsp3) is 0. The number of nitrogens with zero attached hydrogens (tertiary/aromatic N) is 3. The van der Waals surface area contributed by atoms with Crippen molar-refractivity contribution in [1.29, 1.82) is 0 Å². The lowest BCUT2D eigenvalue weighted by molar-refractivity contribution is 1.11. The topological polar surface area (TPSA) is 29.0 Å². The van der Waals surface area contributed by atoms with Gasteiger partial charge >= 0.3 is 0 Å². The average molecular weight is 528 g/mol. The number of rotatable bonds is 2. The van der Waals surface area contributed by atoms with Gasteiger partial charge in [0.05, 0.1) is 22.6 Å². The van der Waals surface area contributed by atoms with Crippen molar-refractivity contribution >= 4 is 70.5 Å². The van der Waals surface area contributed by atoms with Gasteiger partial charge in [-0.25, -0.2) is 9.97 Å². The normalized spacial score (nSPS) is 12.4. The average Bonchev–Trinajstić information content (AvgIpc) is 3.39. The molecule has 0 unspecified atom stereocenters. The number of fused-ring (bicyclic) bond motifs is 6. The highest BCUT2D eigenvalue weighted by molar-refractivity contribution is 7.25. The minimum absolute atomic E-state index is 0.679. The molecule has 9 rings (SSSR count). The Bertz CT molecular complexity index is 2290. The Kier molecular flexibility index (Phi) is 4.48. The second-order valence-electron chi connectivity index (χ2n) is 10.2. The Hall–Kier alpha value is -5.06. The van der Waals surface area contributed by atoms with E-state index >= 15 is 0 Å². The van der Waals surface area contributed by atoms with E-state index in [1.807, 2.05) is 11.3 Å². The lowest BCUT2D eigenvalue weighted by Crippen LogP contribution is -2.18. The monoisotopic (exact) mass is 527 g/mol. The van der Waals surface area contributed by atoms with Crippen LogP contribution in [-0.2, 0) is 0 Å². The molecular weight excluding hydrogens is 506 g/mol. The van der Waals surface area contributed by atoms with Crippen LogP contribution < -0.4 is 4.90 Å². The minimum Gasteiger partial charge on any atom is -0.278 e. The number of benzene rings is 6. The number of hydrogen-bond donors (Lipinski definition) is 0. The third-order valence-corrected chi connectivity index (χ3v) is 9.15. The first-order valence-electron chi connectivity index (χ1n) is 13.4. The SMILES string of the molecule is c1ccc2c(c1)-c1cccc3cccc(c13)N2c1nc(-c2ccc3sc4ccccc4c3c2)c2ccccc2n1. The maximum atomic E-state index is 5.34. The van der Waals surface area contributed by atoms with Crippen molar-refractivity contribution < 1.29 is 0 Å². The van der Waals surface area contributed by atoms with Crippen molar-refractivity contribution in [2.75, 3.05) is 4.90 Å². The van der Waals surface area contributed by atoms with Gasteiger partial charge in [0.15, 0.2) is 0 Å². The van der Waals surface area contributed by atoms with Crippen LogP contribution in [0, 0.1) is 0 Å². The van der Waals surface area contributed by atoms with Crippen molar-refractivity contribution in [3.63, 3.8) is 0 Å². The lowest BCUT2D eigenvalue weighted by atomic mass is 9.91. The van der Waals surface area contributed by atoms with Gasteiger partial charge in [0.25, 0.3) is 0 Å². The van der Waals surface area contributed by atoms with E-state index in [9.17, 15) is 0 Å². The molecule has 40 heavy (non-hydrogen) atoms. The summed E-state index contributed by atoms with van der Waals surface area (Å²) in [5.74, 6) is 0.679. The van der Waals surface area contributed by atoms with Crippen LogP contribution >= 0.6 is 11.3 Å². The molecule has 0 saturated carbocycles. The summed E-state index contributed by atoms with van der Waals surface area (Å²) >= 11 is 1.84. The summed E-state index contributed by atoms with van der Waals surface area (Å²) < 4.78 is 2.59. The quantitative estimate of drug-likeness (QED) is 0.224. The van der Waals surface area contributed by atoms with Gasteiger partial charge in [-0.3, -0.25) is 4.90 Å². The molecule has 0 spiro atoms. The maximum Gasteiger partial charge on any atom is 0.235 e. The predicted octanol–water partition coefficient (Wildman–Crippen LogP) is 10.3. The molecule has 3 heterocycles. The molecule has 0 fully saturated rings. The largest absolute Gasteiger partial charge is 0.278 e. The Morgan fingerprint density at radius 3 is 2.20 bits per heavy atom. The third kappa shape index (κ3) is 3.05. The molecule has 6 aromatic carbocycles. The van der Waals surface area contributed by atoms with Crippen molar-refractivity contribution in [3.8, 4) is 22.4 Å². The van der Waals surface area contributed by atoms with Gasteiger partial charge in [0, 0.05) is 42.1 Å². The zero-order chi connectivity index (χ0) is 26.2. The van der Waals surface area contributed by atoms with E-state index in [2.05, 4.69) is 132 Å². The van der Waals surface area contributed by atoms with Gasteiger partial charge in [-0.15, -0.1) is 11.3 Å². The molecule has 0 atom stereocenters. The molecule has 0 saturated heterocycles. The first-order valence-corrected chi connectivity index (χ1v) is 14.2. The summed E-state index contributed by atoms with van der Waals surface area (Å²) in [7, 11) is 0.